The number of halogens is 1. The van der Waals surface area contributed by atoms with E-state index in [0.29, 0.717) is 0 Å². The third kappa shape index (κ3) is 4.41. The Balaban J connectivity index is 2.71. The van der Waals surface area contributed by atoms with Crippen LogP contribution in [0.4, 0.5) is 0 Å². The van der Waals surface area contributed by atoms with Crippen molar-refractivity contribution in [3.63, 3.8) is 0 Å². The van der Waals surface area contributed by atoms with Crippen molar-refractivity contribution in [2.45, 2.75) is 71.8 Å². The van der Waals surface area contributed by atoms with Gasteiger partial charge in [-0.3, -0.25) is 4.79 Å². The molecule has 108 valence electrons. The highest BCUT2D eigenvalue weighted by atomic mass is 35.5. The van der Waals surface area contributed by atoms with Crippen molar-refractivity contribution in [1.82, 2.24) is 4.81 Å². The fourth-order valence-electron chi connectivity index (χ4n) is 3.63. The van der Waals surface area contributed by atoms with E-state index < -0.39 is 0 Å². The monoisotopic (exact) mass is 283 g/mol. The van der Waals surface area contributed by atoms with E-state index in [4.69, 9.17) is 19.6 Å². The molecule has 0 aromatic carbocycles. The summed E-state index contributed by atoms with van der Waals surface area (Å²) >= 11 is 5.60. The SMILES string of the molecule is [B]N(C(=O)CCl)C(C)(C)CC(C)(C)C1CCCCC1. The van der Waals surface area contributed by atoms with Crippen LogP contribution in [0.1, 0.15) is 66.2 Å². The standard InChI is InChI=1S/C15H27BClNO/c1-14(2,12-8-6-5-7-9-12)11-15(3,4)18(16)13(19)10-17/h12H,5-11H2,1-4H3. The summed E-state index contributed by atoms with van der Waals surface area (Å²) in [7, 11) is 5.94. The molecule has 19 heavy (non-hydrogen) atoms. The van der Waals surface area contributed by atoms with Crippen molar-refractivity contribution in [3.05, 3.63) is 0 Å². The predicted molar refractivity (Wildman–Crippen MR) is 82.4 cm³/mol. The normalized spacial score (nSPS) is 18.4. The molecule has 2 radical (unpaired) electrons. The van der Waals surface area contributed by atoms with Crippen molar-refractivity contribution >= 4 is 25.5 Å². The Kier molecular flexibility index (Phi) is 5.79. The van der Waals surface area contributed by atoms with Crippen molar-refractivity contribution in [1.29, 1.82) is 0 Å². The van der Waals surface area contributed by atoms with Gasteiger partial charge in [0.2, 0.25) is 13.9 Å². The lowest BCUT2D eigenvalue weighted by molar-refractivity contribution is -0.128. The van der Waals surface area contributed by atoms with Gasteiger partial charge in [-0.25, -0.2) is 0 Å². The predicted octanol–water partition coefficient (Wildman–Crippen LogP) is 3.91. The Bertz CT molecular complexity index is 311. The molecule has 1 rings (SSSR count). The zero-order chi connectivity index (χ0) is 14.7. The van der Waals surface area contributed by atoms with E-state index in [1.54, 1.807) is 0 Å². The maximum atomic E-state index is 11.7. The van der Waals surface area contributed by atoms with Gasteiger partial charge in [-0.05, 0) is 44.4 Å². The third-order valence-electron chi connectivity index (χ3n) is 4.63. The first-order chi connectivity index (χ1) is 8.70. The lowest BCUT2D eigenvalue weighted by Gasteiger charge is -2.46. The molecule has 0 aromatic heterocycles. The van der Waals surface area contributed by atoms with E-state index in [1.165, 1.54) is 36.9 Å². The average Bonchev–Trinajstić information content (AvgIpc) is 2.36. The molecule has 0 aliphatic heterocycles. The molecule has 4 heteroatoms. The molecule has 1 aliphatic carbocycles. The molecule has 2 nitrogen and oxygen atoms in total. The second-order valence-electron chi connectivity index (χ2n) is 7.21. The topological polar surface area (TPSA) is 20.3 Å². The van der Waals surface area contributed by atoms with Gasteiger partial charge in [-0.1, -0.05) is 33.1 Å². The van der Waals surface area contributed by atoms with Crippen LogP contribution < -0.4 is 0 Å². The molecule has 1 aliphatic rings. The molecule has 0 N–H and O–H groups in total. The zero-order valence-electron chi connectivity index (χ0n) is 12.8. The van der Waals surface area contributed by atoms with Gasteiger partial charge in [0, 0.05) is 5.54 Å². The first kappa shape index (κ1) is 16.9. The smallest absolute Gasteiger partial charge is 0.231 e. The number of carbonyl (C=O) groups excluding carboxylic acids is 1. The molecule has 0 aromatic rings. The van der Waals surface area contributed by atoms with Gasteiger partial charge in [-0.2, -0.15) is 0 Å². The quantitative estimate of drug-likeness (QED) is 0.553. The second kappa shape index (κ2) is 6.52. The molecule has 0 atom stereocenters. The van der Waals surface area contributed by atoms with Gasteiger partial charge >= 0.3 is 0 Å². The summed E-state index contributed by atoms with van der Waals surface area (Å²) in [5.74, 6) is 0.482. The maximum Gasteiger partial charge on any atom is 0.231 e. The van der Waals surface area contributed by atoms with Gasteiger partial charge in [0.05, 0.1) is 0 Å². The highest BCUT2D eigenvalue weighted by Gasteiger charge is 2.38. The number of rotatable bonds is 5. The highest BCUT2D eigenvalue weighted by molar-refractivity contribution is 6.30. The fourth-order valence-corrected chi connectivity index (χ4v) is 3.76. The minimum atomic E-state index is -0.354. The first-order valence-corrected chi connectivity index (χ1v) is 7.88. The Morgan fingerprint density at radius 1 is 1.21 bits per heavy atom. The molecular weight excluding hydrogens is 256 g/mol. The van der Waals surface area contributed by atoms with Crippen molar-refractivity contribution < 1.29 is 4.79 Å². The van der Waals surface area contributed by atoms with Crippen LogP contribution in [0.3, 0.4) is 0 Å². The van der Waals surface area contributed by atoms with Gasteiger partial charge in [0.25, 0.3) is 0 Å². The molecule has 0 unspecified atom stereocenters. The molecule has 1 saturated carbocycles. The maximum absolute atomic E-state index is 11.7. The van der Waals surface area contributed by atoms with E-state index in [9.17, 15) is 4.79 Å². The van der Waals surface area contributed by atoms with E-state index in [0.717, 1.165) is 12.3 Å². The Morgan fingerprint density at radius 3 is 2.21 bits per heavy atom. The summed E-state index contributed by atoms with van der Waals surface area (Å²) in [5, 5.41) is 0. The van der Waals surface area contributed by atoms with E-state index in [-0.39, 0.29) is 22.7 Å². The van der Waals surface area contributed by atoms with Crippen LogP contribution in [0.5, 0.6) is 0 Å². The Morgan fingerprint density at radius 2 is 1.74 bits per heavy atom. The molecule has 0 saturated heterocycles. The minimum Gasteiger partial charge on any atom is -0.391 e. The number of amides is 1. The van der Waals surface area contributed by atoms with Crippen LogP contribution in [0, 0.1) is 11.3 Å². The number of hydrogen-bond donors (Lipinski definition) is 0. The molecule has 0 heterocycles. The van der Waals surface area contributed by atoms with Crippen LogP contribution in [0.2, 0.25) is 0 Å². The van der Waals surface area contributed by atoms with E-state index in [1.807, 2.05) is 13.8 Å². The third-order valence-corrected chi connectivity index (χ3v) is 4.86. The lowest BCUT2D eigenvalue weighted by atomic mass is 9.65. The number of carbonyl (C=O) groups is 1. The van der Waals surface area contributed by atoms with Crippen LogP contribution in [-0.2, 0) is 4.79 Å². The van der Waals surface area contributed by atoms with Crippen LogP contribution in [-0.4, -0.2) is 30.1 Å². The summed E-state index contributed by atoms with van der Waals surface area (Å²) in [6.07, 6.45) is 7.55. The molecular formula is C15H27BClNO. The van der Waals surface area contributed by atoms with Gasteiger partial charge < -0.3 is 4.81 Å². The zero-order valence-corrected chi connectivity index (χ0v) is 13.6. The average molecular weight is 284 g/mol. The minimum absolute atomic E-state index is 0.0518. The van der Waals surface area contributed by atoms with Crippen molar-refractivity contribution in [3.8, 4) is 0 Å². The molecule has 1 fully saturated rings. The van der Waals surface area contributed by atoms with E-state index in [2.05, 4.69) is 13.8 Å². The van der Waals surface area contributed by atoms with Crippen LogP contribution in [0.15, 0.2) is 0 Å². The summed E-state index contributed by atoms with van der Waals surface area (Å²) < 4.78 is 0. The summed E-state index contributed by atoms with van der Waals surface area (Å²) in [4.78, 5) is 13.0. The van der Waals surface area contributed by atoms with Gasteiger partial charge in [0.1, 0.15) is 5.88 Å². The van der Waals surface area contributed by atoms with Gasteiger partial charge in [0.15, 0.2) is 0 Å². The fraction of sp³-hybridized carbons (Fsp3) is 0.933. The van der Waals surface area contributed by atoms with E-state index >= 15 is 0 Å². The second-order valence-corrected chi connectivity index (χ2v) is 7.48. The van der Waals surface area contributed by atoms with Gasteiger partial charge in [-0.15, -0.1) is 11.6 Å². The summed E-state index contributed by atoms with van der Waals surface area (Å²) in [6.45, 7) is 8.68. The molecule has 1 amide bonds. The van der Waals surface area contributed by atoms with Crippen molar-refractivity contribution in [2.24, 2.45) is 11.3 Å². The first-order valence-electron chi connectivity index (χ1n) is 7.34. The van der Waals surface area contributed by atoms with Crippen LogP contribution >= 0.6 is 11.6 Å². The molecule has 0 bridgehead atoms. The number of hydrogen-bond acceptors (Lipinski definition) is 1. The Labute approximate surface area is 124 Å². The summed E-state index contributed by atoms with van der Waals surface area (Å²) in [5.41, 5.74) is -0.152. The summed E-state index contributed by atoms with van der Waals surface area (Å²) in [6, 6.07) is 0. The van der Waals surface area contributed by atoms with Crippen molar-refractivity contribution in [2.75, 3.05) is 5.88 Å². The highest BCUT2D eigenvalue weighted by Crippen LogP contribution is 2.44. The lowest BCUT2D eigenvalue weighted by Crippen LogP contribution is -2.50. The largest absolute Gasteiger partial charge is 0.391 e. The number of alkyl halides is 1. The molecule has 0 spiro atoms. The van der Waals surface area contributed by atoms with Crippen LogP contribution in [0.25, 0.3) is 0 Å². The Hall–Kier alpha value is -0.175. The number of nitrogens with zero attached hydrogens (tertiary/aromatic N) is 1.